The third-order valence-electron chi connectivity index (χ3n) is 2.85. The molecule has 96 valence electrons. The molecule has 4 heteroatoms. The molecular weight excluding hydrogens is 292 g/mol. The first-order valence-corrected chi connectivity index (χ1v) is 6.65. The van der Waals surface area contributed by atoms with Gasteiger partial charge in [-0.3, -0.25) is 4.68 Å². The third kappa shape index (κ3) is 2.17. The lowest BCUT2D eigenvalue weighted by atomic mass is 10.1. The first-order chi connectivity index (χ1) is 8.32. The van der Waals surface area contributed by atoms with Crippen molar-refractivity contribution in [1.29, 1.82) is 0 Å². The monoisotopic (exact) mass is 308 g/mol. The van der Waals surface area contributed by atoms with Gasteiger partial charge in [-0.05, 0) is 33.8 Å². The summed E-state index contributed by atoms with van der Waals surface area (Å²) in [7, 11) is 0. The van der Waals surface area contributed by atoms with E-state index in [9.17, 15) is 5.11 Å². The molecule has 0 unspecified atom stereocenters. The van der Waals surface area contributed by atoms with Crippen molar-refractivity contribution in [2.45, 2.75) is 33.2 Å². The summed E-state index contributed by atoms with van der Waals surface area (Å²) in [6.07, 6.45) is 0. The maximum Gasteiger partial charge on any atom is 0.164 e. The molecular formula is C14H17BrN2O. The molecule has 0 aliphatic carbocycles. The molecule has 2 aromatic rings. The summed E-state index contributed by atoms with van der Waals surface area (Å²) in [4.78, 5) is 0. The molecule has 0 atom stereocenters. The van der Waals surface area contributed by atoms with Gasteiger partial charge >= 0.3 is 0 Å². The predicted octanol–water partition coefficient (Wildman–Crippen LogP) is 4.08. The molecule has 1 heterocycles. The largest absolute Gasteiger partial charge is 0.504 e. The van der Waals surface area contributed by atoms with Crippen molar-refractivity contribution >= 4 is 15.9 Å². The minimum absolute atomic E-state index is 0.152. The highest BCUT2D eigenvalue weighted by molar-refractivity contribution is 9.10. The fraction of sp³-hybridized carbons (Fsp3) is 0.357. The zero-order chi connectivity index (χ0) is 13.5. The van der Waals surface area contributed by atoms with E-state index in [4.69, 9.17) is 0 Å². The Kier molecular flexibility index (Phi) is 3.23. The van der Waals surface area contributed by atoms with Gasteiger partial charge in [0.1, 0.15) is 5.69 Å². The van der Waals surface area contributed by atoms with E-state index in [0.717, 1.165) is 15.7 Å². The molecule has 0 aliphatic heterocycles. The van der Waals surface area contributed by atoms with Crippen LogP contribution in [0, 0.1) is 6.92 Å². The Labute approximate surface area is 116 Å². The van der Waals surface area contributed by atoms with Crippen molar-refractivity contribution < 1.29 is 5.11 Å². The van der Waals surface area contributed by atoms with Gasteiger partial charge in [-0.15, -0.1) is 0 Å². The molecule has 2 rings (SSSR count). The van der Waals surface area contributed by atoms with Gasteiger partial charge in [0.25, 0.3) is 0 Å². The second-order valence-corrected chi connectivity index (χ2v) is 6.20. The lowest BCUT2D eigenvalue weighted by Crippen LogP contribution is -2.24. The fourth-order valence-electron chi connectivity index (χ4n) is 1.98. The minimum Gasteiger partial charge on any atom is -0.504 e. The van der Waals surface area contributed by atoms with E-state index in [2.05, 4.69) is 41.8 Å². The molecule has 0 amide bonds. The van der Waals surface area contributed by atoms with Crippen LogP contribution in [0.3, 0.4) is 0 Å². The second kappa shape index (κ2) is 4.43. The number of rotatable bonds is 1. The lowest BCUT2D eigenvalue weighted by molar-refractivity contribution is 0.345. The van der Waals surface area contributed by atoms with Crippen LogP contribution in [0.15, 0.2) is 28.7 Å². The van der Waals surface area contributed by atoms with E-state index >= 15 is 0 Å². The van der Waals surface area contributed by atoms with Gasteiger partial charge in [0.15, 0.2) is 5.75 Å². The van der Waals surface area contributed by atoms with E-state index in [1.54, 1.807) is 0 Å². The Bertz CT molecular complexity index is 582. The minimum atomic E-state index is -0.152. The van der Waals surface area contributed by atoms with Crippen LogP contribution in [0.1, 0.15) is 26.5 Å². The summed E-state index contributed by atoms with van der Waals surface area (Å²) in [6.45, 7) is 8.08. The summed E-state index contributed by atoms with van der Waals surface area (Å²) < 4.78 is 2.79. The van der Waals surface area contributed by atoms with Gasteiger partial charge < -0.3 is 5.11 Å². The van der Waals surface area contributed by atoms with E-state index in [0.29, 0.717) is 5.69 Å². The maximum atomic E-state index is 10.3. The molecule has 1 N–H and O–H groups in total. The lowest BCUT2D eigenvalue weighted by Gasteiger charge is -2.20. The van der Waals surface area contributed by atoms with Gasteiger partial charge in [-0.1, -0.05) is 34.1 Å². The van der Waals surface area contributed by atoms with E-state index in [1.165, 1.54) is 0 Å². The van der Waals surface area contributed by atoms with Gasteiger partial charge in [0.2, 0.25) is 0 Å². The quantitative estimate of drug-likeness (QED) is 0.862. The van der Waals surface area contributed by atoms with Crippen molar-refractivity contribution in [3.8, 4) is 17.0 Å². The highest BCUT2D eigenvalue weighted by atomic mass is 79.9. The Morgan fingerprint density at radius 1 is 1.22 bits per heavy atom. The zero-order valence-electron chi connectivity index (χ0n) is 11.0. The van der Waals surface area contributed by atoms with Crippen molar-refractivity contribution in [1.82, 2.24) is 9.78 Å². The topological polar surface area (TPSA) is 38.1 Å². The van der Waals surface area contributed by atoms with E-state index < -0.39 is 0 Å². The van der Waals surface area contributed by atoms with Crippen LogP contribution < -0.4 is 0 Å². The first kappa shape index (κ1) is 13.1. The van der Waals surface area contributed by atoms with Crippen LogP contribution in [0.4, 0.5) is 0 Å². The van der Waals surface area contributed by atoms with Gasteiger partial charge in [-0.2, -0.15) is 5.10 Å². The molecule has 0 radical (unpaired) electrons. The number of hydrogen-bond donors (Lipinski definition) is 1. The Morgan fingerprint density at radius 3 is 2.33 bits per heavy atom. The second-order valence-electron chi connectivity index (χ2n) is 5.35. The van der Waals surface area contributed by atoms with Crippen LogP contribution in [0.5, 0.6) is 5.75 Å². The third-order valence-corrected chi connectivity index (χ3v) is 3.54. The highest BCUT2D eigenvalue weighted by Gasteiger charge is 2.23. The van der Waals surface area contributed by atoms with Crippen LogP contribution >= 0.6 is 15.9 Å². The summed E-state index contributed by atoms with van der Waals surface area (Å²) in [5.74, 6) is 0.247. The summed E-state index contributed by atoms with van der Waals surface area (Å²) in [5.41, 5.74) is 2.16. The molecule has 1 aromatic carbocycles. The molecule has 3 nitrogen and oxygen atoms in total. The molecule has 1 aromatic heterocycles. The number of benzene rings is 1. The average Bonchev–Trinajstić information content (AvgIpc) is 2.57. The molecule has 0 bridgehead atoms. The van der Waals surface area contributed by atoms with Crippen LogP contribution in [0.2, 0.25) is 0 Å². The molecule has 0 saturated carbocycles. The Hall–Kier alpha value is -1.29. The van der Waals surface area contributed by atoms with Gasteiger partial charge in [0.05, 0.1) is 11.2 Å². The molecule has 0 aliphatic rings. The summed E-state index contributed by atoms with van der Waals surface area (Å²) in [6, 6.07) is 7.77. The molecule has 0 saturated heterocycles. The van der Waals surface area contributed by atoms with Crippen molar-refractivity contribution in [3.63, 3.8) is 0 Å². The van der Waals surface area contributed by atoms with Gasteiger partial charge in [-0.25, -0.2) is 0 Å². The smallest absolute Gasteiger partial charge is 0.164 e. The number of nitrogens with zero attached hydrogens (tertiary/aromatic N) is 2. The SMILES string of the molecule is Cc1c(O)c(-c2ccccc2Br)nn1C(C)(C)C. The van der Waals surface area contributed by atoms with Crippen molar-refractivity contribution in [3.05, 3.63) is 34.4 Å². The maximum absolute atomic E-state index is 10.3. The molecule has 18 heavy (non-hydrogen) atoms. The fourth-order valence-corrected chi connectivity index (χ4v) is 2.45. The van der Waals surface area contributed by atoms with Crippen molar-refractivity contribution in [2.24, 2.45) is 0 Å². The summed E-state index contributed by atoms with van der Waals surface area (Å²) in [5, 5.41) is 14.8. The van der Waals surface area contributed by atoms with Crippen LogP contribution in [-0.2, 0) is 5.54 Å². The predicted molar refractivity (Wildman–Crippen MR) is 76.8 cm³/mol. The summed E-state index contributed by atoms with van der Waals surface area (Å²) >= 11 is 3.49. The number of hydrogen-bond acceptors (Lipinski definition) is 2. The van der Waals surface area contributed by atoms with Crippen molar-refractivity contribution in [2.75, 3.05) is 0 Å². The number of aromatic nitrogens is 2. The standard InChI is InChI=1S/C14H17BrN2O/c1-9-13(18)12(16-17(9)14(2,3)4)10-7-5-6-8-11(10)15/h5-8,18H,1-4H3. The first-order valence-electron chi connectivity index (χ1n) is 5.86. The number of halogens is 1. The van der Waals surface area contributed by atoms with E-state index in [1.807, 2.05) is 35.9 Å². The molecule has 0 fully saturated rings. The van der Waals surface area contributed by atoms with Gasteiger partial charge in [0, 0.05) is 10.0 Å². The van der Waals surface area contributed by atoms with Crippen LogP contribution in [0.25, 0.3) is 11.3 Å². The average molecular weight is 309 g/mol. The Morgan fingerprint density at radius 2 is 1.83 bits per heavy atom. The zero-order valence-corrected chi connectivity index (χ0v) is 12.6. The molecule has 0 spiro atoms. The number of aromatic hydroxyl groups is 1. The highest BCUT2D eigenvalue weighted by Crippen LogP contribution is 2.37. The van der Waals surface area contributed by atoms with Crippen LogP contribution in [-0.4, -0.2) is 14.9 Å². The normalized spacial score (nSPS) is 11.8. The Balaban J connectivity index is 2.65. The van der Waals surface area contributed by atoms with E-state index in [-0.39, 0.29) is 11.3 Å².